The van der Waals surface area contributed by atoms with Gasteiger partial charge in [0, 0.05) is 18.0 Å². The molecule has 7 heteroatoms. The number of likely N-dealkylation sites (N-methyl/N-ethyl adjacent to an activating group) is 1. The molecule has 0 aliphatic heterocycles. The van der Waals surface area contributed by atoms with E-state index in [9.17, 15) is 9.59 Å². The predicted octanol–water partition coefficient (Wildman–Crippen LogP) is 4.09. The number of nitrogens with zero attached hydrogens (tertiary/aromatic N) is 1. The zero-order chi connectivity index (χ0) is 21.9. The number of methoxy groups -OCH3 is 1. The van der Waals surface area contributed by atoms with Crippen LogP contribution in [0, 0.1) is 0 Å². The second kappa shape index (κ2) is 11.7. The fourth-order valence-corrected chi connectivity index (χ4v) is 3.14. The van der Waals surface area contributed by atoms with Gasteiger partial charge in [-0.3, -0.25) is 9.59 Å². The van der Waals surface area contributed by atoms with Crippen molar-refractivity contribution >= 4 is 35.3 Å². The normalized spacial score (nSPS) is 10.5. The first-order valence-corrected chi connectivity index (χ1v) is 10.5. The van der Waals surface area contributed by atoms with Gasteiger partial charge in [-0.15, -0.1) is 11.8 Å². The summed E-state index contributed by atoms with van der Waals surface area (Å²) < 4.78 is 10.8. The third-order valence-corrected chi connectivity index (χ3v) is 4.90. The van der Waals surface area contributed by atoms with Crippen LogP contribution in [0.5, 0.6) is 11.5 Å². The minimum atomic E-state index is -0.283. The largest absolute Gasteiger partial charge is 0.493 e. The molecule has 6 nitrogen and oxygen atoms in total. The van der Waals surface area contributed by atoms with Crippen LogP contribution in [0.2, 0.25) is 0 Å². The van der Waals surface area contributed by atoms with E-state index < -0.39 is 0 Å². The minimum Gasteiger partial charge on any atom is -0.493 e. The molecular formula is C23H26N2O4S. The Labute approximate surface area is 181 Å². The third-order valence-electron chi connectivity index (χ3n) is 4.10. The Balaban J connectivity index is 1.97. The van der Waals surface area contributed by atoms with Gasteiger partial charge in [0.2, 0.25) is 11.8 Å². The number of thioether (sulfide) groups is 1. The second-order valence-electron chi connectivity index (χ2n) is 6.29. The molecule has 0 atom stereocenters. The first kappa shape index (κ1) is 23.1. The lowest BCUT2D eigenvalue weighted by atomic mass is 10.2. The number of anilines is 1. The average molecular weight is 427 g/mol. The van der Waals surface area contributed by atoms with Gasteiger partial charge in [0.15, 0.2) is 11.5 Å². The maximum absolute atomic E-state index is 12.4. The number of ether oxygens (including phenoxy) is 2. The Kier molecular flexibility index (Phi) is 9.03. The molecule has 0 unspecified atom stereocenters. The first-order valence-electron chi connectivity index (χ1n) is 9.26. The maximum Gasteiger partial charge on any atom is 0.246 e. The van der Waals surface area contributed by atoms with Gasteiger partial charge in [-0.1, -0.05) is 30.9 Å². The highest BCUT2D eigenvalue weighted by Gasteiger charge is 2.12. The molecule has 30 heavy (non-hydrogen) atoms. The molecule has 1 N–H and O–H groups in total. The molecule has 158 valence electrons. The van der Waals surface area contributed by atoms with Crippen molar-refractivity contribution in [3.8, 4) is 11.5 Å². The van der Waals surface area contributed by atoms with E-state index in [4.69, 9.17) is 9.47 Å². The van der Waals surface area contributed by atoms with Crippen LogP contribution in [0.3, 0.4) is 0 Å². The van der Waals surface area contributed by atoms with Gasteiger partial charge in [0.05, 0.1) is 19.3 Å². The number of hydrogen-bond acceptors (Lipinski definition) is 5. The quantitative estimate of drug-likeness (QED) is 0.352. The molecule has 0 spiro atoms. The van der Waals surface area contributed by atoms with E-state index in [0.717, 1.165) is 16.1 Å². The van der Waals surface area contributed by atoms with Crippen molar-refractivity contribution in [1.82, 2.24) is 4.90 Å². The molecule has 2 aromatic rings. The van der Waals surface area contributed by atoms with Crippen molar-refractivity contribution in [1.29, 1.82) is 0 Å². The monoisotopic (exact) mass is 426 g/mol. The highest BCUT2D eigenvalue weighted by molar-refractivity contribution is 7.98. The van der Waals surface area contributed by atoms with Crippen LogP contribution in [-0.2, 0) is 9.59 Å². The highest BCUT2D eigenvalue weighted by Crippen LogP contribution is 2.28. The summed E-state index contributed by atoms with van der Waals surface area (Å²) in [5, 5.41) is 2.84. The molecule has 0 aromatic heterocycles. The van der Waals surface area contributed by atoms with Crippen LogP contribution < -0.4 is 14.8 Å². The number of carbonyl (C=O) groups is 2. The van der Waals surface area contributed by atoms with Crippen molar-refractivity contribution in [2.45, 2.75) is 4.90 Å². The van der Waals surface area contributed by atoms with Gasteiger partial charge in [0.25, 0.3) is 0 Å². The van der Waals surface area contributed by atoms with Crippen LogP contribution in [-0.4, -0.2) is 50.3 Å². The summed E-state index contributed by atoms with van der Waals surface area (Å²) in [5.41, 5.74) is 1.51. The van der Waals surface area contributed by atoms with E-state index in [0.29, 0.717) is 18.1 Å². The molecule has 0 saturated heterocycles. The summed E-state index contributed by atoms with van der Waals surface area (Å²) in [7, 11) is 3.13. The number of amides is 2. The smallest absolute Gasteiger partial charge is 0.246 e. The molecule has 0 radical (unpaired) electrons. The fourth-order valence-electron chi connectivity index (χ4n) is 2.58. The minimum absolute atomic E-state index is 0.0520. The van der Waals surface area contributed by atoms with E-state index in [-0.39, 0.29) is 18.4 Å². The summed E-state index contributed by atoms with van der Waals surface area (Å²) >= 11 is 1.55. The molecule has 0 aliphatic carbocycles. The Morgan fingerprint density at radius 1 is 1.20 bits per heavy atom. The van der Waals surface area contributed by atoms with Crippen molar-refractivity contribution in [3.05, 3.63) is 66.8 Å². The third kappa shape index (κ3) is 6.70. The standard InChI is InChI=1S/C23H26N2O4S/c1-5-14-29-19-12-10-17(15-20(19)28-3)11-13-23(27)25(2)16-22(26)24-18-8-6-7-9-21(18)30-4/h5-13,15H,1,14,16H2,2-4H3,(H,24,26)/b13-11+. The van der Waals surface area contributed by atoms with Crippen molar-refractivity contribution in [2.75, 3.05) is 38.9 Å². The van der Waals surface area contributed by atoms with E-state index in [1.54, 1.807) is 50.2 Å². The number of hydrogen-bond donors (Lipinski definition) is 1. The lowest BCUT2D eigenvalue weighted by Crippen LogP contribution is -2.33. The number of carbonyl (C=O) groups excluding carboxylic acids is 2. The van der Waals surface area contributed by atoms with Gasteiger partial charge >= 0.3 is 0 Å². The Morgan fingerprint density at radius 3 is 2.67 bits per heavy atom. The van der Waals surface area contributed by atoms with Gasteiger partial charge < -0.3 is 19.7 Å². The van der Waals surface area contributed by atoms with Crippen molar-refractivity contribution in [3.63, 3.8) is 0 Å². The number of rotatable bonds is 10. The van der Waals surface area contributed by atoms with Gasteiger partial charge in [-0.05, 0) is 42.2 Å². The van der Waals surface area contributed by atoms with E-state index in [1.165, 1.54) is 11.0 Å². The Morgan fingerprint density at radius 2 is 1.97 bits per heavy atom. The fraction of sp³-hybridized carbons (Fsp3) is 0.217. The lowest BCUT2D eigenvalue weighted by Gasteiger charge is -2.16. The second-order valence-corrected chi connectivity index (χ2v) is 7.13. The summed E-state index contributed by atoms with van der Waals surface area (Å²) in [5.74, 6) is 0.618. The average Bonchev–Trinajstić information content (AvgIpc) is 2.76. The number of benzene rings is 2. The Hall–Kier alpha value is -3.19. The highest BCUT2D eigenvalue weighted by atomic mass is 32.2. The summed E-state index contributed by atoms with van der Waals surface area (Å²) in [6.45, 7) is 3.94. The van der Waals surface area contributed by atoms with Crippen LogP contribution >= 0.6 is 11.8 Å². The molecule has 0 bridgehead atoms. The molecule has 0 heterocycles. The molecular weight excluding hydrogens is 400 g/mol. The van der Waals surface area contributed by atoms with Crippen LogP contribution in [0.1, 0.15) is 5.56 Å². The SMILES string of the molecule is C=CCOc1ccc(/C=C/C(=O)N(C)CC(=O)Nc2ccccc2SC)cc1OC. The van der Waals surface area contributed by atoms with Crippen LogP contribution in [0.15, 0.2) is 66.1 Å². The summed E-state index contributed by atoms with van der Waals surface area (Å²) in [4.78, 5) is 27.0. The number of nitrogens with one attached hydrogen (secondary N) is 1. The maximum atomic E-state index is 12.4. The van der Waals surface area contributed by atoms with Gasteiger partial charge in [-0.25, -0.2) is 0 Å². The number of para-hydroxylation sites is 1. The van der Waals surface area contributed by atoms with Crippen molar-refractivity contribution in [2.24, 2.45) is 0 Å². The molecule has 0 aliphatic rings. The van der Waals surface area contributed by atoms with E-state index >= 15 is 0 Å². The molecule has 2 rings (SSSR count). The Bertz CT molecular complexity index is 927. The summed E-state index contributed by atoms with van der Waals surface area (Å²) in [6.07, 6.45) is 6.68. The zero-order valence-corrected chi connectivity index (χ0v) is 18.2. The predicted molar refractivity (Wildman–Crippen MR) is 122 cm³/mol. The topological polar surface area (TPSA) is 67.9 Å². The molecule has 2 aromatic carbocycles. The van der Waals surface area contributed by atoms with E-state index in [2.05, 4.69) is 11.9 Å². The zero-order valence-electron chi connectivity index (χ0n) is 17.4. The first-order chi connectivity index (χ1) is 14.5. The molecule has 2 amide bonds. The molecule has 0 fully saturated rings. The van der Waals surface area contributed by atoms with Gasteiger partial charge in [-0.2, -0.15) is 0 Å². The summed E-state index contributed by atoms with van der Waals surface area (Å²) in [6, 6.07) is 12.9. The van der Waals surface area contributed by atoms with E-state index in [1.807, 2.05) is 36.6 Å². The van der Waals surface area contributed by atoms with Crippen molar-refractivity contribution < 1.29 is 19.1 Å². The van der Waals surface area contributed by atoms with Gasteiger partial charge in [0.1, 0.15) is 6.61 Å². The van der Waals surface area contributed by atoms with Crippen LogP contribution in [0.4, 0.5) is 5.69 Å². The molecule has 0 saturated carbocycles. The lowest BCUT2D eigenvalue weighted by molar-refractivity contribution is -0.129. The van der Waals surface area contributed by atoms with Crippen LogP contribution in [0.25, 0.3) is 6.08 Å².